The zero-order chi connectivity index (χ0) is 18.4. The highest BCUT2D eigenvalue weighted by Gasteiger charge is 2.12. The fourth-order valence-electron chi connectivity index (χ4n) is 1.84. The predicted molar refractivity (Wildman–Crippen MR) is 92.9 cm³/mol. The van der Waals surface area contributed by atoms with E-state index in [4.69, 9.17) is 16.3 Å². The van der Waals surface area contributed by atoms with E-state index in [2.05, 4.69) is 5.32 Å². The third-order valence-electron chi connectivity index (χ3n) is 3.14. The fourth-order valence-corrected chi connectivity index (χ4v) is 2.77. The number of hydrogen-bond acceptors (Lipinski definition) is 4. The van der Waals surface area contributed by atoms with Crippen molar-refractivity contribution in [2.75, 3.05) is 17.7 Å². The number of hydrogen-bond donors (Lipinski definition) is 1. The maximum absolute atomic E-state index is 13.4. The van der Waals surface area contributed by atoms with Crippen molar-refractivity contribution in [3.05, 3.63) is 58.6 Å². The van der Waals surface area contributed by atoms with Crippen molar-refractivity contribution in [3.63, 3.8) is 0 Å². The van der Waals surface area contributed by atoms with Crippen LogP contribution >= 0.6 is 23.4 Å². The molecule has 1 N–H and O–H groups in total. The highest BCUT2D eigenvalue weighted by Crippen LogP contribution is 2.23. The first kappa shape index (κ1) is 19.2. The van der Waals surface area contributed by atoms with Gasteiger partial charge < -0.3 is 10.1 Å². The number of carbonyl (C=O) groups is 2. The molecule has 132 valence electrons. The number of rotatable bonds is 6. The van der Waals surface area contributed by atoms with E-state index < -0.39 is 30.1 Å². The summed E-state index contributed by atoms with van der Waals surface area (Å²) >= 11 is 6.74. The third-order valence-corrected chi connectivity index (χ3v) is 4.56. The van der Waals surface area contributed by atoms with Gasteiger partial charge in [0.1, 0.15) is 11.6 Å². The lowest BCUT2D eigenvalue weighted by Gasteiger charge is -2.10. The largest absolute Gasteiger partial charge is 0.455 e. The summed E-state index contributed by atoms with van der Waals surface area (Å²) in [6.45, 7) is 1.26. The van der Waals surface area contributed by atoms with Gasteiger partial charge in [0.15, 0.2) is 6.61 Å². The summed E-state index contributed by atoms with van der Waals surface area (Å²) in [6, 6.07) is 7.99. The summed E-state index contributed by atoms with van der Waals surface area (Å²) in [5.74, 6) is -2.72. The molecular weight excluding hydrogens is 372 g/mol. The number of thioether (sulfide) groups is 1. The number of amides is 1. The third kappa shape index (κ3) is 5.72. The highest BCUT2D eigenvalue weighted by atomic mass is 35.5. The van der Waals surface area contributed by atoms with Crippen molar-refractivity contribution in [2.24, 2.45) is 0 Å². The monoisotopic (exact) mass is 385 g/mol. The van der Waals surface area contributed by atoms with E-state index >= 15 is 0 Å². The molecule has 1 amide bonds. The topological polar surface area (TPSA) is 55.4 Å². The molecule has 25 heavy (non-hydrogen) atoms. The van der Waals surface area contributed by atoms with Crippen LogP contribution in [-0.4, -0.2) is 24.2 Å². The SMILES string of the molecule is Cc1c(Cl)cccc1NC(=O)COC(=O)CSc1cc(F)ccc1F. The van der Waals surface area contributed by atoms with Crippen LogP contribution in [0.3, 0.4) is 0 Å². The number of halogens is 3. The van der Waals surface area contributed by atoms with Crippen molar-refractivity contribution in [1.82, 2.24) is 0 Å². The summed E-state index contributed by atoms with van der Waals surface area (Å²) in [7, 11) is 0. The van der Waals surface area contributed by atoms with E-state index in [1.54, 1.807) is 25.1 Å². The Morgan fingerprint density at radius 2 is 2.00 bits per heavy atom. The molecule has 0 saturated carbocycles. The van der Waals surface area contributed by atoms with Gasteiger partial charge in [-0.3, -0.25) is 9.59 Å². The number of carbonyl (C=O) groups excluding carboxylic acids is 2. The maximum atomic E-state index is 13.4. The minimum Gasteiger partial charge on any atom is -0.455 e. The zero-order valence-electron chi connectivity index (χ0n) is 13.1. The minimum atomic E-state index is -0.716. The van der Waals surface area contributed by atoms with E-state index in [0.29, 0.717) is 16.3 Å². The molecule has 0 atom stereocenters. The lowest BCUT2D eigenvalue weighted by molar-refractivity contribution is -0.144. The molecule has 4 nitrogen and oxygen atoms in total. The normalized spacial score (nSPS) is 10.4. The van der Waals surface area contributed by atoms with Crippen molar-refractivity contribution >= 4 is 40.9 Å². The molecule has 2 aromatic rings. The number of esters is 1. The predicted octanol–water partition coefficient (Wildman–Crippen LogP) is 4.20. The van der Waals surface area contributed by atoms with E-state index in [1.165, 1.54) is 0 Å². The first-order valence-corrected chi connectivity index (χ1v) is 8.51. The lowest BCUT2D eigenvalue weighted by atomic mass is 10.2. The summed E-state index contributed by atoms with van der Waals surface area (Å²) in [5.41, 5.74) is 1.21. The van der Waals surface area contributed by atoms with Crippen LogP contribution in [0.15, 0.2) is 41.3 Å². The van der Waals surface area contributed by atoms with Crippen molar-refractivity contribution in [2.45, 2.75) is 11.8 Å². The van der Waals surface area contributed by atoms with Gasteiger partial charge in [-0.25, -0.2) is 8.78 Å². The van der Waals surface area contributed by atoms with Crippen LogP contribution in [0.5, 0.6) is 0 Å². The zero-order valence-corrected chi connectivity index (χ0v) is 14.7. The first-order valence-electron chi connectivity index (χ1n) is 7.15. The van der Waals surface area contributed by atoms with E-state index in [1.807, 2.05) is 0 Å². The Morgan fingerprint density at radius 3 is 2.76 bits per heavy atom. The van der Waals surface area contributed by atoms with Gasteiger partial charge in [-0.15, -0.1) is 11.8 Å². The summed E-state index contributed by atoms with van der Waals surface area (Å²) in [4.78, 5) is 23.4. The second-order valence-electron chi connectivity index (χ2n) is 4.98. The van der Waals surface area contributed by atoms with Gasteiger partial charge in [-0.1, -0.05) is 17.7 Å². The minimum absolute atomic E-state index is 0.00375. The number of nitrogens with one attached hydrogen (secondary N) is 1. The molecule has 0 aliphatic carbocycles. The Labute approximate surface area is 152 Å². The molecule has 0 unspecified atom stereocenters. The Balaban J connectivity index is 1.80. The summed E-state index contributed by atoms with van der Waals surface area (Å²) in [6.07, 6.45) is 0. The Morgan fingerprint density at radius 1 is 1.24 bits per heavy atom. The van der Waals surface area contributed by atoms with Crippen LogP contribution in [0.1, 0.15) is 5.56 Å². The first-order chi connectivity index (χ1) is 11.9. The van der Waals surface area contributed by atoms with Gasteiger partial charge in [-0.2, -0.15) is 0 Å². The number of benzene rings is 2. The van der Waals surface area contributed by atoms with Crippen molar-refractivity contribution < 1.29 is 23.1 Å². The molecule has 2 rings (SSSR count). The highest BCUT2D eigenvalue weighted by molar-refractivity contribution is 8.00. The van der Waals surface area contributed by atoms with Gasteiger partial charge in [0.25, 0.3) is 5.91 Å². The molecular formula is C17H14ClF2NO3S. The maximum Gasteiger partial charge on any atom is 0.316 e. The van der Waals surface area contributed by atoms with Crippen LogP contribution in [0.25, 0.3) is 0 Å². The quantitative estimate of drug-likeness (QED) is 0.598. The van der Waals surface area contributed by atoms with Crippen LogP contribution in [0, 0.1) is 18.6 Å². The second kappa shape index (κ2) is 8.82. The Hall–Kier alpha value is -2.12. The average Bonchev–Trinajstić information content (AvgIpc) is 2.58. The fraction of sp³-hybridized carbons (Fsp3) is 0.176. The molecule has 0 aliphatic heterocycles. The molecule has 0 fully saturated rings. The molecule has 0 spiro atoms. The van der Waals surface area contributed by atoms with E-state index in [0.717, 1.165) is 30.0 Å². The average molecular weight is 386 g/mol. The molecule has 8 heteroatoms. The van der Waals surface area contributed by atoms with E-state index in [-0.39, 0.29) is 10.6 Å². The van der Waals surface area contributed by atoms with Crippen molar-refractivity contribution in [1.29, 1.82) is 0 Å². The summed E-state index contributed by atoms with van der Waals surface area (Å²) < 4.78 is 31.3. The van der Waals surface area contributed by atoms with E-state index in [9.17, 15) is 18.4 Å². The molecule has 0 saturated heterocycles. The van der Waals surface area contributed by atoms with Crippen LogP contribution < -0.4 is 5.32 Å². The number of ether oxygens (including phenoxy) is 1. The van der Waals surface area contributed by atoms with Gasteiger partial charge in [0.05, 0.1) is 5.75 Å². The molecule has 0 heterocycles. The summed E-state index contributed by atoms with van der Waals surface area (Å²) in [5, 5.41) is 3.08. The van der Waals surface area contributed by atoms with Gasteiger partial charge in [0.2, 0.25) is 0 Å². The van der Waals surface area contributed by atoms with Crippen molar-refractivity contribution in [3.8, 4) is 0 Å². The van der Waals surface area contributed by atoms with Gasteiger partial charge >= 0.3 is 5.97 Å². The number of anilines is 1. The van der Waals surface area contributed by atoms with Crippen LogP contribution in [0.4, 0.5) is 14.5 Å². The second-order valence-corrected chi connectivity index (χ2v) is 6.41. The smallest absolute Gasteiger partial charge is 0.316 e. The van der Waals surface area contributed by atoms with Crippen LogP contribution in [0.2, 0.25) is 5.02 Å². The molecule has 0 aromatic heterocycles. The molecule has 2 aromatic carbocycles. The Bertz CT molecular complexity index is 801. The standard InChI is InChI=1S/C17H14ClF2NO3S/c1-10-12(18)3-2-4-14(10)21-16(22)8-24-17(23)9-25-15-7-11(19)5-6-13(15)20/h2-7H,8-9H2,1H3,(H,21,22). The lowest BCUT2D eigenvalue weighted by Crippen LogP contribution is -2.22. The van der Waals surface area contributed by atoms with Gasteiger partial charge in [0, 0.05) is 15.6 Å². The molecule has 0 aliphatic rings. The molecule has 0 bridgehead atoms. The van der Waals surface area contributed by atoms with Crippen LogP contribution in [-0.2, 0) is 14.3 Å². The van der Waals surface area contributed by atoms with Gasteiger partial charge in [-0.05, 0) is 42.8 Å². The molecule has 0 radical (unpaired) electrons. The Kier molecular flexibility index (Phi) is 6.78.